The van der Waals surface area contributed by atoms with Crippen LogP contribution in [-0.2, 0) is 14.3 Å². The fourth-order valence-electron chi connectivity index (χ4n) is 3.57. The van der Waals surface area contributed by atoms with Gasteiger partial charge in [0.25, 0.3) is 0 Å². The first kappa shape index (κ1) is 25.2. The third-order valence-electron chi connectivity index (χ3n) is 5.18. The summed E-state index contributed by atoms with van der Waals surface area (Å²) >= 11 is 7.66. The number of allylic oxidation sites excluding steroid dienone is 2. The predicted molar refractivity (Wildman–Crippen MR) is 136 cm³/mol. The number of nitriles is 1. The highest BCUT2D eigenvalue weighted by Gasteiger charge is 2.36. The number of benzene rings is 2. The lowest BCUT2D eigenvalue weighted by atomic mass is 9.82. The Balaban J connectivity index is 1.93. The molecule has 2 aromatic rings. The molecule has 3 rings (SSSR count). The zero-order chi connectivity index (χ0) is 24.7. The van der Waals surface area contributed by atoms with Crippen LogP contribution in [0.3, 0.4) is 0 Å². The van der Waals surface area contributed by atoms with E-state index in [1.807, 2.05) is 31.2 Å². The molecular weight excluding hydrogens is 470 g/mol. The van der Waals surface area contributed by atoms with Gasteiger partial charge in [-0.3, -0.25) is 4.79 Å². The molecule has 0 saturated carbocycles. The molecule has 1 aliphatic heterocycles. The van der Waals surface area contributed by atoms with E-state index < -0.39 is 11.9 Å². The van der Waals surface area contributed by atoms with Crippen molar-refractivity contribution in [3.05, 3.63) is 99.2 Å². The van der Waals surface area contributed by atoms with Crippen molar-refractivity contribution in [2.75, 3.05) is 17.7 Å². The Morgan fingerprint density at radius 2 is 1.94 bits per heavy atom. The van der Waals surface area contributed by atoms with Gasteiger partial charge in [-0.2, -0.15) is 5.26 Å². The second kappa shape index (κ2) is 11.6. The van der Waals surface area contributed by atoms with Gasteiger partial charge in [0.1, 0.15) is 6.61 Å². The number of hydrogen-bond donors (Lipinski definition) is 2. The second-order valence-electron chi connectivity index (χ2n) is 7.51. The smallest absolute Gasteiger partial charge is 0.337 e. The molecule has 1 aliphatic rings. The molecular formula is C26H24ClN3O3S. The molecule has 0 radical (unpaired) electrons. The summed E-state index contributed by atoms with van der Waals surface area (Å²) in [6, 6.07) is 16.8. The summed E-state index contributed by atoms with van der Waals surface area (Å²) in [5, 5.41) is 17.0. The number of nitrogens with zero attached hydrogens (tertiary/aromatic N) is 1. The van der Waals surface area contributed by atoms with Crippen molar-refractivity contribution >= 4 is 40.9 Å². The number of dihydropyridines is 1. The molecule has 2 aromatic carbocycles. The van der Waals surface area contributed by atoms with Crippen molar-refractivity contribution in [1.29, 1.82) is 5.26 Å². The maximum Gasteiger partial charge on any atom is 0.337 e. The Bertz CT molecular complexity index is 1230. The largest absolute Gasteiger partial charge is 0.458 e. The van der Waals surface area contributed by atoms with Crippen LogP contribution >= 0.6 is 23.4 Å². The molecule has 1 heterocycles. The highest BCUT2D eigenvalue weighted by atomic mass is 35.5. The molecule has 2 N–H and O–H groups in total. The van der Waals surface area contributed by atoms with Crippen LogP contribution in [0, 0.1) is 18.3 Å². The van der Waals surface area contributed by atoms with E-state index in [1.54, 1.807) is 31.2 Å². The molecule has 1 atom stereocenters. The van der Waals surface area contributed by atoms with Gasteiger partial charge in [-0.25, -0.2) is 4.79 Å². The number of rotatable bonds is 8. The first-order valence-corrected chi connectivity index (χ1v) is 11.9. The number of ether oxygens (including phenoxy) is 1. The lowest BCUT2D eigenvalue weighted by molar-refractivity contribution is -0.138. The highest BCUT2D eigenvalue weighted by molar-refractivity contribution is 8.03. The van der Waals surface area contributed by atoms with Crippen molar-refractivity contribution in [2.45, 2.75) is 19.8 Å². The van der Waals surface area contributed by atoms with Crippen LogP contribution in [-0.4, -0.2) is 24.2 Å². The zero-order valence-electron chi connectivity index (χ0n) is 18.9. The molecule has 1 unspecified atom stereocenters. The summed E-state index contributed by atoms with van der Waals surface area (Å²) < 4.78 is 5.30. The SMILES string of the molecule is C=CCOC(=O)C1=C(C)NC(SCC(=O)Nc2ccccc2C)=C(C#N)C1c1ccccc1Cl. The van der Waals surface area contributed by atoms with Gasteiger partial charge in [0.05, 0.1) is 33.9 Å². The normalized spacial score (nSPS) is 15.3. The average Bonchev–Trinajstić information content (AvgIpc) is 2.82. The monoisotopic (exact) mass is 493 g/mol. The number of anilines is 1. The second-order valence-corrected chi connectivity index (χ2v) is 8.90. The molecule has 34 heavy (non-hydrogen) atoms. The Morgan fingerprint density at radius 1 is 1.24 bits per heavy atom. The lowest BCUT2D eigenvalue weighted by Gasteiger charge is -2.29. The van der Waals surface area contributed by atoms with Crippen LogP contribution in [0.4, 0.5) is 5.69 Å². The number of hydrogen-bond acceptors (Lipinski definition) is 6. The van der Waals surface area contributed by atoms with Gasteiger partial charge in [-0.1, -0.05) is 72.4 Å². The third-order valence-corrected chi connectivity index (χ3v) is 6.54. The number of aryl methyl sites for hydroxylation is 1. The van der Waals surface area contributed by atoms with E-state index in [1.165, 1.54) is 17.8 Å². The van der Waals surface area contributed by atoms with Crippen LogP contribution in [0.1, 0.15) is 24.0 Å². The van der Waals surface area contributed by atoms with Crippen molar-refractivity contribution in [1.82, 2.24) is 5.32 Å². The molecule has 0 aliphatic carbocycles. The molecule has 0 aromatic heterocycles. The fraction of sp³-hybridized carbons (Fsp3) is 0.192. The molecule has 6 nitrogen and oxygen atoms in total. The summed E-state index contributed by atoms with van der Waals surface area (Å²) in [6.45, 7) is 7.26. The van der Waals surface area contributed by atoms with Gasteiger partial charge in [0.15, 0.2) is 0 Å². The number of nitrogens with one attached hydrogen (secondary N) is 2. The van der Waals surface area contributed by atoms with Crippen LogP contribution in [0.15, 0.2) is 83.1 Å². The number of thioether (sulfide) groups is 1. The van der Waals surface area contributed by atoms with E-state index in [4.69, 9.17) is 16.3 Å². The third kappa shape index (κ3) is 5.71. The minimum absolute atomic E-state index is 0.0388. The summed E-state index contributed by atoms with van der Waals surface area (Å²) in [7, 11) is 0. The highest BCUT2D eigenvalue weighted by Crippen LogP contribution is 2.43. The summed E-state index contributed by atoms with van der Waals surface area (Å²) in [6.07, 6.45) is 1.48. The maximum atomic E-state index is 12.9. The number of carbonyl (C=O) groups is 2. The average molecular weight is 494 g/mol. The fourth-order valence-corrected chi connectivity index (χ4v) is 4.70. The van der Waals surface area contributed by atoms with E-state index in [9.17, 15) is 14.9 Å². The predicted octanol–water partition coefficient (Wildman–Crippen LogP) is 5.45. The summed E-state index contributed by atoms with van der Waals surface area (Å²) in [5.41, 5.74) is 3.40. The number of esters is 1. The van der Waals surface area contributed by atoms with Gasteiger partial charge < -0.3 is 15.4 Å². The molecule has 1 amide bonds. The van der Waals surface area contributed by atoms with Gasteiger partial charge >= 0.3 is 5.97 Å². The van der Waals surface area contributed by atoms with Crippen molar-refractivity contribution in [2.24, 2.45) is 0 Å². The zero-order valence-corrected chi connectivity index (χ0v) is 20.4. The van der Waals surface area contributed by atoms with Crippen LogP contribution < -0.4 is 10.6 Å². The minimum atomic E-state index is -0.737. The van der Waals surface area contributed by atoms with E-state index >= 15 is 0 Å². The maximum absolute atomic E-state index is 12.9. The van der Waals surface area contributed by atoms with E-state index in [-0.39, 0.29) is 23.8 Å². The summed E-state index contributed by atoms with van der Waals surface area (Å²) in [5.74, 6) is -1.44. The summed E-state index contributed by atoms with van der Waals surface area (Å²) in [4.78, 5) is 25.5. The minimum Gasteiger partial charge on any atom is -0.458 e. The van der Waals surface area contributed by atoms with Crippen LogP contribution in [0.5, 0.6) is 0 Å². The molecule has 0 saturated heterocycles. The van der Waals surface area contributed by atoms with E-state index in [2.05, 4.69) is 23.3 Å². The number of para-hydroxylation sites is 1. The Kier molecular flexibility index (Phi) is 8.58. The quantitative estimate of drug-likeness (QED) is 0.375. The molecule has 0 fully saturated rings. The van der Waals surface area contributed by atoms with Gasteiger partial charge in [0, 0.05) is 16.4 Å². The van der Waals surface area contributed by atoms with Crippen molar-refractivity contribution in [3.63, 3.8) is 0 Å². The number of amides is 1. The van der Waals surface area contributed by atoms with Gasteiger partial charge in [-0.05, 0) is 37.1 Å². The van der Waals surface area contributed by atoms with E-state index in [0.717, 1.165) is 11.3 Å². The molecule has 0 bridgehead atoms. The Labute approximate surface area is 208 Å². The Morgan fingerprint density at radius 3 is 2.62 bits per heavy atom. The molecule has 174 valence electrons. The standard InChI is InChI=1S/C26H24ClN3O3S/c1-4-13-33-26(32)23-17(3)29-25(19(14-28)24(23)18-10-6-7-11-20(18)27)34-15-22(31)30-21-12-8-5-9-16(21)2/h4-12,24,29H,1,13,15H2,2-3H3,(H,30,31). The van der Waals surface area contributed by atoms with Crippen LogP contribution in [0.25, 0.3) is 0 Å². The first-order valence-electron chi connectivity index (χ1n) is 10.5. The lowest BCUT2D eigenvalue weighted by Crippen LogP contribution is -2.29. The van der Waals surface area contributed by atoms with Crippen LogP contribution in [0.2, 0.25) is 5.02 Å². The van der Waals surface area contributed by atoms with Crippen molar-refractivity contribution in [3.8, 4) is 6.07 Å². The van der Waals surface area contributed by atoms with Crippen molar-refractivity contribution < 1.29 is 14.3 Å². The van der Waals surface area contributed by atoms with Gasteiger partial charge in [-0.15, -0.1) is 0 Å². The number of carbonyl (C=O) groups excluding carboxylic acids is 2. The van der Waals surface area contributed by atoms with E-state index in [0.29, 0.717) is 26.9 Å². The first-order chi connectivity index (χ1) is 16.4. The number of halogens is 1. The topological polar surface area (TPSA) is 91.2 Å². The molecule has 0 spiro atoms. The Hall–Kier alpha value is -3.47. The van der Waals surface area contributed by atoms with Gasteiger partial charge in [0.2, 0.25) is 5.91 Å². The molecule has 8 heteroatoms.